The van der Waals surface area contributed by atoms with Gasteiger partial charge < -0.3 is 24.4 Å². The van der Waals surface area contributed by atoms with Crippen molar-refractivity contribution in [1.29, 1.82) is 0 Å². The molecule has 3 aromatic carbocycles. The molecule has 6 rings (SSSR count). The lowest BCUT2D eigenvalue weighted by molar-refractivity contribution is -0.184. The van der Waals surface area contributed by atoms with E-state index in [0.29, 0.717) is 82.4 Å². The molecule has 2 aliphatic heterocycles. The van der Waals surface area contributed by atoms with Gasteiger partial charge in [-0.25, -0.2) is 5.06 Å². The van der Waals surface area contributed by atoms with Gasteiger partial charge in [-0.2, -0.15) is 26.3 Å². The predicted molar refractivity (Wildman–Crippen MR) is 203 cm³/mol. The van der Waals surface area contributed by atoms with Gasteiger partial charge in [0.2, 0.25) is 0 Å². The number of carbonyl (C=O) groups excluding carboxylic acids is 2. The van der Waals surface area contributed by atoms with Crippen LogP contribution in [0.1, 0.15) is 70.3 Å². The summed E-state index contributed by atoms with van der Waals surface area (Å²) in [6, 6.07) is 13.9. The quantitative estimate of drug-likeness (QED) is 0.106. The second-order valence-electron chi connectivity index (χ2n) is 15.0. The molecule has 3 aromatic rings. The lowest BCUT2D eigenvalue weighted by Gasteiger charge is -2.46. The molecule has 1 aliphatic carbocycles. The van der Waals surface area contributed by atoms with Gasteiger partial charge in [-0.1, -0.05) is 53.5 Å². The van der Waals surface area contributed by atoms with Gasteiger partial charge in [0.15, 0.2) is 0 Å². The summed E-state index contributed by atoms with van der Waals surface area (Å²) in [5, 5.41) is 10.9. The van der Waals surface area contributed by atoms with Crippen molar-refractivity contribution in [2.24, 2.45) is 0 Å². The average Bonchev–Trinajstić information content (AvgIpc) is 3.50. The standard InChI is InChI=1S/C41H45Cl2F6N3O6/c1-56-52(13-4-5-18-53)36(54)25-57-35-22-27-6-2-3-7-32(27)38(35)10-14-50(15-11-38)16-12-39(29-8-9-33(42)34(43)24-29)26-51(17-19-58-39)37(55)28-20-30(40(44,45)46)23-31(21-28)41(47,48)49/h2-3,6-9,20-21,23-24,35,53H,4-5,10-19,22,25-26H2,1H3/t35-,39+/m0/s1. The first-order chi connectivity index (χ1) is 27.5. The molecule has 0 bridgehead atoms. The number of benzene rings is 3. The number of hydrogen-bond acceptors (Lipinski definition) is 7. The van der Waals surface area contributed by atoms with Crippen LogP contribution in [0, 0.1) is 0 Å². The van der Waals surface area contributed by atoms with Crippen LogP contribution in [0.2, 0.25) is 10.0 Å². The van der Waals surface area contributed by atoms with Crippen molar-refractivity contribution in [2.75, 3.05) is 66.2 Å². The summed E-state index contributed by atoms with van der Waals surface area (Å²) in [5.74, 6) is -1.31. The SMILES string of the molecule is CON(CCCCO)C(=O)CO[C@H]1Cc2ccccc2C12CCN(CC[C@]1(c3ccc(Cl)c(Cl)c3)CN(C(=O)c3cc(C(F)(F)F)cc(C(F)(F)F)c3)CCO1)CC2. The number of fused-ring (bicyclic) bond motifs is 2. The third-order valence-electron chi connectivity index (χ3n) is 11.6. The fraction of sp³-hybridized carbons (Fsp3) is 0.512. The molecule has 1 spiro atoms. The average molecular weight is 861 g/mol. The Balaban J connectivity index is 1.20. The number of carbonyl (C=O) groups is 2. The Morgan fingerprint density at radius 1 is 0.931 bits per heavy atom. The van der Waals surface area contributed by atoms with Gasteiger partial charge in [0, 0.05) is 37.2 Å². The molecule has 316 valence electrons. The Labute approximate surface area is 342 Å². The minimum Gasteiger partial charge on any atom is -0.396 e. The molecule has 0 unspecified atom stereocenters. The minimum atomic E-state index is -5.12. The zero-order chi connectivity index (χ0) is 41.9. The first-order valence-electron chi connectivity index (χ1n) is 19.1. The zero-order valence-corrected chi connectivity index (χ0v) is 33.3. The lowest BCUT2D eigenvalue weighted by atomic mass is 9.72. The molecule has 2 amide bonds. The fourth-order valence-corrected chi connectivity index (χ4v) is 8.77. The molecular formula is C41H45Cl2F6N3O6. The molecule has 1 N–H and O–H groups in total. The number of ether oxygens (including phenoxy) is 2. The van der Waals surface area contributed by atoms with E-state index in [4.69, 9.17) is 42.6 Å². The van der Waals surface area contributed by atoms with E-state index < -0.39 is 40.6 Å². The van der Waals surface area contributed by atoms with Gasteiger partial charge in [0.25, 0.3) is 11.8 Å². The smallest absolute Gasteiger partial charge is 0.396 e. The van der Waals surface area contributed by atoms with Crippen LogP contribution in [0.15, 0.2) is 60.7 Å². The van der Waals surface area contributed by atoms with E-state index in [1.807, 2.05) is 12.1 Å². The third-order valence-corrected chi connectivity index (χ3v) is 12.3. The first kappa shape index (κ1) is 44.1. The molecule has 0 saturated carbocycles. The van der Waals surface area contributed by atoms with E-state index in [1.54, 1.807) is 18.2 Å². The number of likely N-dealkylation sites (tertiary alicyclic amines) is 1. The number of rotatable bonds is 13. The van der Waals surface area contributed by atoms with Crippen molar-refractivity contribution in [3.05, 3.63) is 104 Å². The van der Waals surface area contributed by atoms with Crippen LogP contribution in [-0.4, -0.2) is 104 Å². The summed E-state index contributed by atoms with van der Waals surface area (Å²) in [6.07, 6.45) is -7.05. The maximum Gasteiger partial charge on any atom is 0.416 e. The Hall–Kier alpha value is -3.44. The Morgan fingerprint density at radius 2 is 1.62 bits per heavy atom. The molecular weight excluding hydrogens is 815 g/mol. The zero-order valence-electron chi connectivity index (χ0n) is 31.8. The van der Waals surface area contributed by atoms with E-state index in [2.05, 4.69) is 17.0 Å². The highest BCUT2D eigenvalue weighted by Crippen LogP contribution is 2.48. The largest absolute Gasteiger partial charge is 0.416 e. The third kappa shape index (κ3) is 9.61. The van der Waals surface area contributed by atoms with Gasteiger partial charge in [-0.15, -0.1) is 0 Å². The molecule has 2 fully saturated rings. The van der Waals surface area contributed by atoms with Crippen molar-refractivity contribution in [3.63, 3.8) is 0 Å². The Bertz CT molecular complexity index is 1910. The number of hydrogen-bond donors (Lipinski definition) is 1. The number of halogens is 8. The van der Waals surface area contributed by atoms with Crippen LogP contribution in [0.25, 0.3) is 0 Å². The van der Waals surface area contributed by atoms with E-state index in [0.717, 1.165) is 5.56 Å². The van der Waals surface area contributed by atoms with Crippen LogP contribution < -0.4 is 0 Å². The fourth-order valence-electron chi connectivity index (χ4n) is 8.47. The molecule has 2 atom stereocenters. The van der Waals surface area contributed by atoms with Crippen molar-refractivity contribution in [3.8, 4) is 0 Å². The molecule has 9 nitrogen and oxygen atoms in total. The van der Waals surface area contributed by atoms with Gasteiger partial charge in [0.05, 0.1) is 47.5 Å². The van der Waals surface area contributed by atoms with E-state index in [-0.39, 0.29) is 66.4 Å². The van der Waals surface area contributed by atoms with Crippen LogP contribution in [0.5, 0.6) is 0 Å². The second kappa shape index (κ2) is 18.0. The second-order valence-corrected chi connectivity index (χ2v) is 15.8. The molecule has 58 heavy (non-hydrogen) atoms. The number of hydroxylamine groups is 2. The summed E-state index contributed by atoms with van der Waals surface area (Å²) in [6.45, 7) is 1.62. The minimum absolute atomic E-state index is 0.00566. The summed E-state index contributed by atoms with van der Waals surface area (Å²) in [7, 11) is 1.42. The van der Waals surface area contributed by atoms with E-state index in [9.17, 15) is 35.9 Å². The number of morpholine rings is 1. The highest BCUT2D eigenvalue weighted by Gasteiger charge is 2.50. The lowest BCUT2D eigenvalue weighted by Crippen LogP contribution is -2.54. The monoisotopic (exact) mass is 859 g/mol. The van der Waals surface area contributed by atoms with Crippen molar-refractivity contribution < 1.29 is 55.3 Å². The molecule has 2 saturated heterocycles. The predicted octanol–water partition coefficient (Wildman–Crippen LogP) is 7.93. The molecule has 2 heterocycles. The number of piperidine rings is 1. The number of unbranched alkanes of at least 4 members (excludes halogenated alkanes) is 1. The van der Waals surface area contributed by atoms with E-state index in [1.165, 1.54) is 22.6 Å². The van der Waals surface area contributed by atoms with Crippen LogP contribution in [0.3, 0.4) is 0 Å². The van der Waals surface area contributed by atoms with Crippen molar-refractivity contribution >= 4 is 35.0 Å². The van der Waals surface area contributed by atoms with Gasteiger partial charge in [-0.3, -0.25) is 14.4 Å². The summed E-state index contributed by atoms with van der Waals surface area (Å²) < 4.78 is 95.1. The van der Waals surface area contributed by atoms with Crippen molar-refractivity contribution in [2.45, 2.75) is 68.0 Å². The highest BCUT2D eigenvalue weighted by atomic mass is 35.5. The molecule has 0 aromatic heterocycles. The molecule has 0 radical (unpaired) electrons. The number of aliphatic hydroxyl groups excluding tert-OH is 1. The summed E-state index contributed by atoms with van der Waals surface area (Å²) >= 11 is 12.7. The van der Waals surface area contributed by atoms with Gasteiger partial charge in [0.1, 0.15) is 12.2 Å². The molecule has 17 heteroatoms. The number of amides is 2. The Morgan fingerprint density at radius 3 is 2.26 bits per heavy atom. The van der Waals surface area contributed by atoms with Crippen LogP contribution in [0.4, 0.5) is 26.3 Å². The van der Waals surface area contributed by atoms with Crippen LogP contribution in [-0.2, 0) is 48.9 Å². The topological polar surface area (TPSA) is 91.8 Å². The van der Waals surface area contributed by atoms with Crippen molar-refractivity contribution in [1.82, 2.24) is 14.9 Å². The maximum atomic E-state index is 13.8. The first-order valence-corrected chi connectivity index (χ1v) is 19.8. The van der Waals surface area contributed by atoms with Gasteiger partial charge in [-0.05, 0) is 98.6 Å². The van der Waals surface area contributed by atoms with E-state index >= 15 is 0 Å². The number of aliphatic hydroxyl groups is 1. The normalized spacial score (nSPS) is 21.0. The number of alkyl halides is 6. The summed E-state index contributed by atoms with van der Waals surface area (Å²) in [4.78, 5) is 35.6. The highest BCUT2D eigenvalue weighted by molar-refractivity contribution is 6.42. The molecule has 3 aliphatic rings. The van der Waals surface area contributed by atoms with Gasteiger partial charge >= 0.3 is 12.4 Å². The summed E-state index contributed by atoms with van der Waals surface area (Å²) in [5.41, 5.74) is -2.60. The van der Waals surface area contributed by atoms with Crippen LogP contribution >= 0.6 is 23.2 Å². The number of nitrogens with zero attached hydrogens (tertiary/aromatic N) is 3. The Kier molecular flexibility index (Phi) is 13.7. The maximum absolute atomic E-state index is 13.8.